The van der Waals surface area contributed by atoms with Gasteiger partial charge in [0.1, 0.15) is 5.75 Å². The van der Waals surface area contributed by atoms with Crippen LogP contribution in [0.1, 0.15) is 37.0 Å². The summed E-state index contributed by atoms with van der Waals surface area (Å²) in [7, 11) is 1.73. The second-order valence-corrected chi connectivity index (χ2v) is 6.91. The van der Waals surface area contributed by atoms with E-state index in [-0.39, 0.29) is 11.8 Å². The number of rotatable bonds is 3. The Hall–Kier alpha value is -2.08. The van der Waals surface area contributed by atoms with Crippen molar-refractivity contribution in [2.45, 2.75) is 45.2 Å². The van der Waals surface area contributed by atoms with Crippen LogP contribution < -0.4 is 15.8 Å². The SMILES string of the molecule is CN(Cc1cc2c(c3c1NC(=O)CC3)OCC2)C(=O)C(C)(C)N. The third-order valence-electron chi connectivity index (χ3n) is 4.33. The summed E-state index contributed by atoms with van der Waals surface area (Å²) in [6, 6.07) is 2.04. The van der Waals surface area contributed by atoms with Crippen molar-refractivity contribution in [2.24, 2.45) is 5.73 Å². The lowest BCUT2D eigenvalue weighted by Crippen LogP contribution is -2.49. The van der Waals surface area contributed by atoms with Gasteiger partial charge in [0.2, 0.25) is 11.8 Å². The summed E-state index contributed by atoms with van der Waals surface area (Å²) in [5.41, 5.74) is 8.94. The van der Waals surface area contributed by atoms with Crippen molar-refractivity contribution in [3.8, 4) is 5.75 Å². The Labute approximate surface area is 136 Å². The first-order valence-electron chi connectivity index (χ1n) is 7.92. The maximum Gasteiger partial charge on any atom is 0.242 e. The van der Waals surface area contributed by atoms with Crippen LogP contribution in [-0.2, 0) is 29.0 Å². The Kier molecular flexibility index (Phi) is 3.80. The highest BCUT2D eigenvalue weighted by molar-refractivity contribution is 5.96. The van der Waals surface area contributed by atoms with Gasteiger partial charge in [0.05, 0.1) is 17.8 Å². The van der Waals surface area contributed by atoms with Gasteiger partial charge in [0.25, 0.3) is 0 Å². The summed E-state index contributed by atoms with van der Waals surface area (Å²) < 4.78 is 5.74. The van der Waals surface area contributed by atoms with Gasteiger partial charge in [-0.15, -0.1) is 0 Å². The molecule has 1 aromatic carbocycles. The predicted octanol–water partition coefficient (Wildman–Crippen LogP) is 1.20. The van der Waals surface area contributed by atoms with Crippen molar-refractivity contribution in [3.05, 3.63) is 22.8 Å². The number of ether oxygens (including phenoxy) is 1. The first kappa shape index (κ1) is 15.8. The molecule has 3 rings (SSSR count). The minimum atomic E-state index is -0.919. The van der Waals surface area contributed by atoms with Gasteiger partial charge in [-0.3, -0.25) is 9.59 Å². The number of nitrogens with zero attached hydrogens (tertiary/aromatic N) is 1. The quantitative estimate of drug-likeness (QED) is 0.877. The Balaban J connectivity index is 1.96. The molecule has 124 valence electrons. The van der Waals surface area contributed by atoms with Crippen LogP contribution in [0.5, 0.6) is 5.75 Å². The monoisotopic (exact) mass is 317 g/mol. The third-order valence-corrected chi connectivity index (χ3v) is 4.33. The van der Waals surface area contributed by atoms with E-state index in [0.29, 0.717) is 26.0 Å². The largest absolute Gasteiger partial charge is 0.493 e. The van der Waals surface area contributed by atoms with Crippen molar-refractivity contribution in [2.75, 3.05) is 19.0 Å². The van der Waals surface area contributed by atoms with Crippen LogP contribution in [0.4, 0.5) is 5.69 Å². The summed E-state index contributed by atoms with van der Waals surface area (Å²) in [5.74, 6) is 0.784. The standard InChI is InChI=1S/C17H23N3O3/c1-17(2,18)16(22)20(3)9-11-8-10-6-7-23-15(10)12-4-5-13(21)19-14(11)12/h8H,4-7,9,18H2,1-3H3,(H,19,21). The van der Waals surface area contributed by atoms with Crippen molar-refractivity contribution in [1.29, 1.82) is 0 Å². The number of nitrogens with two attached hydrogens (primary N) is 1. The second kappa shape index (κ2) is 5.53. The van der Waals surface area contributed by atoms with Crippen molar-refractivity contribution < 1.29 is 14.3 Å². The fraction of sp³-hybridized carbons (Fsp3) is 0.529. The Morgan fingerprint density at radius 1 is 1.39 bits per heavy atom. The summed E-state index contributed by atoms with van der Waals surface area (Å²) in [4.78, 5) is 25.7. The maximum absolute atomic E-state index is 12.3. The Morgan fingerprint density at radius 3 is 2.83 bits per heavy atom. The molecule has 23 heavy (non-hydrogen) atoms. The number of carbonyl (C=O) groups is 2. The van der Waals surface area contributed by atoms with Crippen molar-refractivity contribution in [3.63, 3.8) is 0 Å². The normalized spacial score (nSPS) is 16.3. The number of nitrogens with one attached hydrogen (secondary N) is 1. The van der Waals surface area contributed by atoms with Gasteiger partial charge >= 0.3 is 0 Å². The minimum Gasteiger partial charge on any atom is -0.493 e. The van der Waals surface area contributed by atoms with Crippen LogP contribution in [0.25, 0.3) is 0 Å². The average Bonchev–Trinajstić information content (AvgIpc) is 2.93. The molecule has 0 saturated carbocycles. The molecule has 0 atom stereocenters. The first-order chi connectivity index (χ1) is 10.8. The van der Waals surface area contributed by atoms with Gasteiger partial charge in [0, 0.05) is 32.0 Å². The molecule has 0 bridgehead atoms. The molecule has 2 heterocycles. The zero-order valence-corrected chi connectivity index (χ0v) is 13.9. The number of amides is 2. The van der Waals surface area contributed by atoms with Crippen LogP contribution in [0.15, 0.2) is 6.07 Å². The highest BCUT2D eigenvalue weighted by Gasteiger charge is 2.30. The van der Waals surface area contributed by atoms with E-state index in [1.807, 2.05) is 6.07 Å². The van der Waals surface area contributed by atoms with Gasteiger partial charge in [-0.1, -0.05) is 0 Å². The van der Waals surface area contributed by atoms with Crippen molar-refractivity contribution >= 4 is 17.5 Å². The zero-order valence-electron chi connectivity index (χ0n) is 13.9. The lowest BCUT2D eigenvalue weighted by Gasteiger charge is -2.28. The lowest BCUT2D eigenvalue weighted by atomic mass is 9.94. The van der Waals surface area contributed by atoms with Gasteiger partial charge in [-0.25, -0.2) is 0 Å². The maximum atomic E-state index is 12.3. The molecule has 1 aromatic rings. The van der Waals surface area contributed by atoms with E-state index in [2.05, 4.69) is 5.32 Å². The predicted molar refractivity (Wildman–Crippen MR) is 87.3 cm³/mol. The number of carbonyl (C=O) groups excluding carboxylic acids is 2. The minimum absolute atomic E-state index is 0.00447. The topological polar surface area (TPSA) is 84.7 Å². The number of fused-ring (bicyclic) bond motifs is 3. The summed E-state index contributed by atoms with van der Waals surface area (Å²) in [6.07, 6.45) is 2.01. The summed E-state index contributed by atoms with van der Waals surface area (Å²) >= 11 is 0. The fourth-order valence-electron chi connectivity index (χ4n) is 3.26. The molecule has 0 saturated heterocycles. The highest BCUT2D eigenvalue weighted by Crippen LogP contribution is 2.40. The molecule has 0 aliphatic carbocycles. The number of likely N-dealkylation sites (N-methyl/N-ethyl adjacent to an activating group) is 1. The average molecular weight is 317 g/mol. The first-order valence-corrected chi connectivity index (χ1v) is 7.92. The van der Waals surface area contributed by atoms with E-state index in [4.69, 9.17) is 10.5 Å². The Morgan fingerprint density at radius 2 is 2.13 bits per heavy atom. The number of benzene rings is 1. The molecule has 2 aliphatic heterocycles. The van der Waals surface area contributed by atoms with Crippen molar-refractivity contribution in [1.82, 2.24) is 4.90 Å². The second-order valence-electron chi connectivity index (χ2n) is 6.91. The molecule has 0 spiro atoms. The van der Waals surface area contributed by atoms with E-state index in [9.17, 15) is 9.59 Å². The van der Waals surface area contributed by atoms with E-state index in [1.54, 1.807) is 25.8 Å². The number of hydrogen-bond donors (Lipinski definition) is 2. The molecule has 3 N–H and O–H groups in total. The lowest BCUT2D eigenvalue weighted by molar-refractivity contribution is -0.135. The molecule has 6 heteroatoms. The van der Waals surface area contributed by atoms with E-state index in [0.717, 1.165) is 34.5 Å². The van der Waals surface area contributed by atoms with Crippen LogP contribution in [0.2, 0.25) is 0 Å². The number of hydrogen-bond acceptors (Lipinski definition) is 4. The van der Waals surface area contributed by atoms with Gasteiger partial charge < -0.3 is 20.7 Å². The summed E-state index contributed by atoms with van der Waals surface area (Å²) in [6.45, 7) is 4.47. The third kappa shape index (κ3) is 2.91. The van der Waals surface area contributed by atoms with Crippen LogP contribution in [0, 0.1) is 0 Å². The highest BCUT2D eigenvalue weighted by atomic mass is 16.5. The van der Waals surface area contributed by atoms with E-state index < -0.39 is 5.54 Å². The molecular weight excluding hydrogens is 294 g/mol. The molecule has 0 fully saturated rings. The molecule has 2 amide bonds. The smallest absolute Gasteiger partial charge is 0.242 e. The van der Waals surface area contributed by atoms with Crippen LogP contribution in [0.3, 0.4) is 0 Å². The molecule has 0 unspecified atom stereocenters. The molecule has 2 aliphatic rings. The molecule has 6 nitrogen and oxygen atoms in total. The van der Waals surface area contributed by atoms with Crippen LogP contribution in [-0.4, -0.2) is 35.9 Å². The van der Waals surface area contributed by atoms with Gasteiger partial charge in [-0.05, 0) is 37.5 Å². The van der Waals surface area contributed by atoms with Gasteiger partial charge in [-0.2, -0.15) is 0 Å². The molecular formula is C17H23N3O3. The van der Waals surface area contributed by atoms with Gasteiger partial charge in [0.15, 0.2) is 0 Å². The number of anilines is 1. The van der Waals surface area contributed by atoms with E-state index in [1.165, 1.54) is 0 Å². The van der Waals surface area contributed by atoms with Crippen LogP contribution >= 0.6 is 0 Å². The molecule has 0 radical (unpaired) electrons. The fourth-order valence-corrected chi connectivity index (χ4v) is 3.26. The van der Waals surface area contributed by atoms with E-state index >= 15 is 0 Å². The Bertz CT molecular complexity index is 677. The molecule has 0 aromatic heterocycles. The summed E-state index contributed by atoms with van der Waals surface area (Å²) in [5, 5.41) is 2.95. The zero-order chi connectivity index (χ0) is 16.8.